The Labute approximate surface area is 163 Å². The van der Waals surface area contributed by atoms with Crippen molar-refractivity contribution >= 4 is 17.7 Å². The number of carbonyl (C=O) groups excluding carboxylic acids is 3. The molecule has 1 unspecified atom stereocenters. The standard InChI is InChI=1S/C23H22N2O3/c1-24-22(27)18-12-9-15(13-19(18)23(24)28)21(26)25(16-10-11-16)20-8-4-6-14-5-2-3-7-17(14)20/h2-3,5,7,9,12-13,16,20H,4,6,8,10-11H2,1H3. The summed E-state index contributed by atoms with van der Waals surface area (Å²) in [4.78, 5) is 41.1. The van der Waals surface area contributed by atoms with Crippen molar-refractivity contribution in [2.24, 2.45) is 0 Å². The van der Waals surface area contributed by atoms with E-state index in [9.17, 15) is 14.4 Å². The second kappa shape index (κ2) is 6.30. The van der Waals surface area contributed by atoms with Gasteiger partial charge in [-0.1, -0.05) is 24.3 Å². The van der Waals surface area contributed by atoms with Gasteiger partial charge < -0.3 is 4.90 Å². The number of aryl methyl sites for hydroxylation is 1. The van der Waals surface area contributed by atoms with E-state index in [2.05, 4.69) is 18.2 Å². The summed E-state index contributed by atoms with van der Waals surface area (Å²) in [7, 11) is 1.47. The van der Waals surface area contributed by atoms with Crippen molar-refractivity contribution in [2.45, 2.75) is 44.2 Å². The molecule has 3 amide bonds. The van der Waals surface area contributed by atoms with Crippen LogP contribution in [-0.4, -0.2) is 40.6 Å². The van der Waals surface area contributed by atoms with Gasteiger partial charge in [-0.15, -0.1) is 0 Å². The fourth-order valence-corrected chi connectivity index (χ4v) is 4.58. The molecule has 5 heteroatoms. The highest BCUT2D eigenvalue weighted by molar-refractivity contribution is 6.21. The van der Waals surface area contributed by atoms with Gasteiger partial charge in [0.05, 0.1) is 17.2 Å². The minimum Gasteiger partial charge on any atom is -0.329 e. The van der Waals surface area contributed by atoms with E-state index in [1.54, 1.807) is 18.2 Å². The summed E-state index contributed by atoms with van der Waals surface area (Å²) in [5.41, 5.74) is 3.78. The third-order valence-electron chi connectivity index (χ3n) is 6.18. The Hall–Kier alpha value is -2.95. The Balaban J connectivity index is 1.52. The summed E-state index contributed by atoms with van der Waals surface area (Å²) in [6.45, 7) is 0. The first-order chi connectivity index (χ1) is 13.6. The van der Waals surface area contributed by atoms with Crippen LogP contribution < -0.4 is 0 Å². The van der Waals surface area contributed by atoms with Gasteiger partial charge in [0.2, 0.25) is 0 Å². The van der Waals surface area contributed by atoms with Crippen LogP contribution in [0.15, 0.2) is 42.5 Å². The highest BCUT2D eigenvalue weighted by atomic mass is 16.2. The summed E-state index contributed by atoms with van der Waals surface area (Å²) in [5.74, 6) is -0.684. The minimum atomic E-state index is -0.337. The van der Waals surface area contributed by atoms with E-state index in [1.165, 1.54) is 18.2 Å². The van der Waals surface area contributed by atoms with Crippen LogP contribution in [-0.2, 0) is 6.42 Å². The summed E-state index contributed by atoms with van der Waals surface area (Å²) in [5, 5.41) is 0. The lowest BCUT2D eigenvalue weighted by Crippen LogP contribution is -2.38. The zero-order chi connectivity index (χ0) is 19.4. The highest BCUT2D eigenvalue weighted by Gasteiger charge is 2.40. The molecule has 1 saturated carbocycles. The van der Waals surface area contributed by atoms with E-state index < -0.39 is 0 Å². The van der Waals surface area contributed by atoms with Crippen LogP contribution in [0.2, 0.25) is 0 Å². The molecule has 5 rings (SSSR count). The Bertz CT molecular complexity index is 1010. The number of amides is 3. The molecule has 0 aromatic heterocycles. The maximum absolute atomic E-state index is 13.5. The first-order valence-corrected chi connectivity index (χ1v) is 9.93. The van der Waals surface area contributed by atoms with E-state index >= 15 is 0 Å². The highest BCUT2D eigenvalue weighted by Crippen LogP contribution is 2.41. The molecule has 0 N–H and O–H groups in total. The lowest BCUT2D eigenvalue weighted by atomic mass is 9.86. The zero-order valence-corrected chi connectivity index (χ0v) is 15.9. The lowest BCUT2D eigenvalue weighted by molar-refractivity contribution is 0.0637. The smallest absolute Gasteiger partial charge is 0.261 e. The van der Waals surface area contributed by atoms with E-state index in [1.807, 2.05) is 11.0 Å². The van der Waals surface area contributed by atoms with Crippen LogP contribution >= 0.6 is 0 Å². The molecule has 142 valence electrons. The maximum Gasteiger partial charge on any atom is 0.261 e. The second-order valence-electron chi connectivity index (χ2n) is 7.98. The molecule has 1 aliphatic heterocycles. The lowest BCUT2D eigenvalue weighted by Gasteiger charge is -2.36. The third kappa shape index (κ3) is 2.57. The van der Waals surface area contributed by atoms with E-state index in [0.29, 0.717) is 16.7 Å². The number of imide groups is 1. The first kappa shape index (κ1) is 17.2. The van der Waals surface area contributed by atoms with Gasteiger partial charge in [-0.3, -0.25) is 19.3 Å². The normalized spacial score (nSPS) is 20.8. The quantitative estimate of drug-likeness (QED) is 0.772. The molecule has 0 spiro atoms. The van der Waals surface area contributed by atoms with Gasteiger partial charge in [0.1, 0.15) is 0 Å². The number of hydrogen-bond acceptors (Lipinski definition) is 3. The van der Waals surface area contributed by atoms with Gasteiger partial charge in [-0.2, -0.15) is 0 Å². The van der Waals surface area contributed by atoms with Crippen LogP contribution in [0.4, 0.5) is 0 Å². The topological polar surface area (TPSA) is 57.7 Å². The van der Waals surface area contributed by atoms with Gasteiger partial charge >= 0.3 is 0 Å². The van der Waals surface area contributed by atoms with Crippen molar-refractivity contribution in [3.8, 4) is 0 Å². The number of nitrogens with zero attached hydrogens (tertiary/aromatic N) is 2. The molecule has 0 saturated heterocycles. The van der Waals surface area contributed by atoms with Crippen LogP contribution in [0, 0.1) is 0 Å². The molecular formula is C23H22N2O3. The predicted molar refractivity (Wildman–Crippen MR) is 104 cm³/mol. The predicted octanol–water partition coefficient (Wildman–Crippen LogP) is 3.59. The van der Waals surface area contributed by atoms with E-state index in [0.717, 1.165) is 37.0 Å². The van der Waals surface area contributed by atoms with Gasteiger partial charge in [0.15, 0.2) is 0 Å². The van der Waals surface area contributed by atoms with Gasteiger partial charge in [-0.25, -0.2) is 0 Å². The van der Waals surface area contributed by atoms with Crippen molar-refractivity contribution in [3.63, 3.8) is 0 Å². The van der Waals surface area contributed by atoms with Crippen molar-refractivity contribution in [3.05, 3.63) is 70.3 Å². The van der Waals surface area contributed by atoms with Crippen LogP contribution in [0.3, 0.4) is 0 Å². The number of carbonyl (C=O) groups is 3. The van der Waals surface area contributed by atoms with Crippen molar-refractivity contribution < 1.29 is 14.4 Å². The average molecular weight is 374 g/mol. The summed E-state index contributed by atoms with van der Waals surface area (Å²) >= 11 is 0. The molecule has 28 heavy (non-hydrogen) atoms. The molecule has 1 fully saturated rings. The average Bonchev–Trinajstić information content (AvgIpc) is 3.54. The maximum atomic E-state index is 13.5. The summed E-state index contributed by atoms with van der Waals surface area (Å²) < 4.78 is 0. The molecule has 5 nitrogen and oxygen atoms in total. The zero-order valence-electron chi connectivity index (χ0n) is 15.9. The molecule has 0 bridgehead atoms. The molecule has 1 heterocycles. The van der Waals surface area contributed by atoms with E-state index in [-0.39, 0.29) is 29.8 Å². The Morgan fingerprint density at radius 3 is 2.54 bits per heavy atom. The number of benzene rings is 2. The largest absolute Gasteiger partial charge is 0.329 e. The molecule has 2 aromatic rings. The van der Waals surface area contributed by atoms with E-state index in [4.69, 9.17) is 0 Å². The Kier molecular flexibility index (Phi) is 3.86. The third-order valence-corrected chi connectivity index (χ3v) is 6.18. The summed E-state index contributed by atoms with van der Waals surface area (Å²) in [6, 6.07) is 13.7. The number of hydrogen-bond donors (Lipinski definition) is 0. The Morgan fingerprint density at radius 1 is 1.00 bits per heavy atom. The van der Waals surface area contributed by atoms with Crippen LogP contribution in [0.25, 0.3) is 0 Å². The van der Waals surface area contributed by atoms with Crippen LogP contribution in [0.5, 0.6) is 0 Å². The molecular weight excluding hydrogens is 352 g/mol. The summed E-state index contributed by atoms with van der Waals surface area (Å²) in [6.07, 6.45) is 5.14. The molecule has 0 radical (unpaired) electrons. The molecule has 2 aromatic carbocycles. The fraction of sp³-hybridized carbons (Fsp3) is 0.348. The number of fused-ring (bicyclic) bond motifs is 2. The Morgan fingerprint density at radius 2 is 1.75 bits per heavy atom. The fourth-order valence-electron chi connectivity index (χ4n) is 4.58. The second-order valence-corrected chi connectivity index (χ2v) is 7.98. The SMILES string of the molecule is CN1C(=O)c2ccc(C(=O)N(C3CC3)C3CCCc4ccccc43)cc2C1=O. The van der Waals surface area contributed by atoms with Crippen LogP contribution in [0.1, 0.15) is 73.9 Å². The molecule has 1 atom stereocenters. The van der Waals surface area contributed by atoms with Crippen molar-refractivity contribution in [1.29, 1.82) is 0 Å². The van der Waals surface area contributed by atoms with Gasteiger partial charge in [0, 0.05) is 18.7 Å². The monoisotopic (exact) mass is 374 g/mol. The van der Waals surface area contributed by atoms with Crippen molar-refractivity contribution in [2.75, 3.05) is 7.05 Å². The first-order valence-electron chi connectivity index (χ1n) is 9.93. The molecule has 3 aliphatic rings. The minimum absolute atomic E-state index is 0.0400. The van der Waals surface area contributed by atoms with Crippen molar-refractivity contribution in [1.82, 2.24) is 9.80 Å². The molecule has 2 aliphatic carbocycles. The van der Waals surface area contributed by atoms with Gasteiger partial charge in [-0.05, 0) is 61.4 Å². The number of rotatable bonds is 3. The van der Waals surface area contributed by atoms with Gasteiger partial charge in [0.25, 0.3) is 17.7 Å².